The second-order valence-electron chi connectivity index (χ2n) is 6.19. The van der Waals surface area contributed by atoms with Crippen LogP contribution >= 0.6 is 0 Å². The molecule has 0 aromatic heterocycles. The van der Waals surface area contributed by atoms with Crippen molar-refractivity contribution in [3.05, 3.63) is 48.0 Å². The van der Waals surface area contributed by atoms with Crippen LogP contribution in [-0.4, -0.2) is 5.11 Å². The minimum Gasteiger partial charge on any atom is -0.372 e. The van der Waals surface area contributed by atoms with Crippen molar-refractivity contribution in [3.63, 3.8) is 0 Å². The van der Waals surface area contributed by atoms with Gasteiger partial charge in [-0.3, -0.25) is 5.73 Å². The van der Waals surface area contributed by atoms with Crippen molar-refractivity contribution in [2.45, 2.75) is 44.2 Å². The van der Waals surface area contributed by atoms with E-state index < -0.39 is 5.72 Å². The van der Waals surface area contributed by atoms with Crippen LogP contribution in [0.4, 0.5) is 0 Å². The lowest BCUT2D eigenvalue weighted by Crippen LogP contribution is -2.38. The summed E-state index contributed by atoms with van der Waals surface area (Å²) in [6.07, 6.45) is 6.96. The SMILES string of the molecule is NC(O)(CC1CCCCC1)c1ccc2ccccc2c1. The van der Waals surface area contributed by atoms with E-state index in [1.807, 2.05) is 30.3 Å². The number of aliphatic hydroxyl groups is 1. The van der Waals surface area contributed by atoms with E-state index in [1.165, 1.54) is 37.5 Å². The standard InChI is InChI=1S/C18H23NO/c19-18(20,13-14-6-2-1-3-7-14)17-11-10-15-8-4-5-9-16(15)12-17/h4-5,8-12,14,20H,1-3,6-7,13,19H2. The van der Waals surface area contributed by atoms with Gasteiger partial charge in [-0.25, -0.2) is 0 Å². The lowest BCUT2D eigenvalue weighted by atomic mass is 9.82. The van der Waals surface area contributed by atoms with Gasteiger partial charge in [-0.05, 0) is 34.7 Å². The predicted molar refractivity (Wildman–Crippen MR) is 83.2 cm³/mol. The Hall–Kier alpha value is -1.38. The molecule has 2 aromatic carbocycles. The number of nitrogens with two attached hydrogens (primary N) is 1. The summed E-state index contributed by atoms with van der Waals surface area (Å²) in [5.41, 5.74) is 5.85. The Balaban J connectivity index is 1.83. The molecule has 3 rings (SSSR count). The normalized spacial score (nSPS) is 19.9. The summed E-state index contributed by atoms with van der Waals surface area (Å²) < 4.78 is 0. The summed E-state index contributed by atoms with van der Waals surface area (Å²) in [6, 6.07) is 14.2. The van der Waals surface area contributed by atoms with Gasteiger partial charge in [0.15, 0.2) is 0 Å². The maximum atomic E-state index is 10.7. The predicted octanol–water partition coefficient (Wildman–Crippen LogP) is 3.91. The Bertz CT molecular complexity index is 585. The van der Waals surface area contributed by atoms with Crippen LogP contribution in [-0.2, 0) is 5.72 Å². The van der Waals surface area contributed by atoms with Gasteiger partial charge in [0.1, 0.15) is 5.72 Å². The summed E-state index contributed by atoms with van der Waals surface area (Å²) in [5.74, 6) is 0.560. The molecule has 1 aliphatic rings. The van der Waals surface area contributed by atoms with Gasteiger partial charge >= 0.3 is 0 Å². The molecule has 106 valence electrons. The molecule has 0 aliphatic heterocycles. The second-order valence-corrected chi connectivity index (χ2v) is 6.19. The van der Waals surface area contributed by atoms with E-state index in [0.717, 1.165) is 10.9 Å². The zero-order chi connectivity index (χ0) is 14.0. The summed E-state index contributed by atoms with van der Waals surface area (Å²) in [6.45, 7) is 0. The third-order valence-corrected chi connectivity index (χ3v) is 4.57. The highest BCUT2D eigenvalue weighted by Crippen LogP contribution is 2.33. The van der Waals surface area contributed by atoms with E-state index in [-0.39, 0.29) is 0 Å². The topological polar surface area (TPSA) is 46.2 Å². The molecule has 1 aliphatic carbocycles. The van der Waals surface area contributed by atoms with Gasteiger partial charge in [0, 0.05) is 0 Å². The van der Waals surface area contributed by atoms with E-state index in [2.05, 4.69) is 12.1 Å². The van der Waals surface area contributed by atoms with Crippen molar-refractivity contribution in [1.29, 1.82) is 0 Å². The van der Waals surface area contributed by atoms with Gasteiger partial charge in [0.25, 0.3) is 0 Å². The Morgan fingerprint density at radius 1 is 1.00 bits per heavy atom. The quantitative estimate of drug-likeness (QED) is 0.830. The Kier molecular flexibility index (Phi) is 3.77. The molecule has 1 atom stereocenters. The molecule has 2 heteroatoms. The number of rotatable bonds is 3. The van der Waals surface area contributed by atoms with Crippen molar-refractivity contribution in [3.8, 4) is 0 Å². The van der Waals surface area contributed by atoms with Crippen LogP contribution in [0.2, 0.25) is 0 Å². The molecule has 0 heterocycles. The van der Waals surface area contributed by atoms with Gasteiger partial charge in [0.2, 0.25) is 0 Å². The lowest BCUT2D eigenvalue weighted by Gasteiger charge is -2.31. The van der Waals surface area contributed by atoms with E-state index in [1.54, 1.807) is 0 Å². The van der Waals surface area contributed by atoms with Crippen LogP contribution < -0.4 is 5.73 Å². The number of hydrogen-bond donors (Lipinski definition) is 2. The highest BCUT2D eigenvalue weighted by Gasteiger charge is 2.29. The fourth-order valence-corrected chi connectivity index (χ4v) is 3.41. The molecule has 1 saturated carbocycles. The van der Waals surface area contributed by atoms with Crippen LogP contribution in [0.5, 0.6) is 0 Å². The molecule has 0 saturated heterocycles. The first-order valence-corrected chi connectivity index (χ1v) is 7.66. The van der Waals surface area contributed by atoms with Gasteiger partial charge in [-0.15, -0.1) is 0 Å². The van der Waals surface area contributed by atoms with Crippen molar-refractivity contribution in [1.82, 2.24) is 0 Å². The van der Waals surface area contributed by atoms with Crippen molar-refractivity contribution in [2.75, 3.05) is 0 Å². The smallest absolute Gasteiger partial charge is 0.139 e. The number of fused-ring (bicyclic) bond motifs is 1. The molecule has 0 bridgehead atoms. The number of benzene rings is 2. The van der Waals surface area contributed by atoms with Gasteiger partial charge < -0.3 is 5.11 Å². The third-order valence-electron chi connectivity index (χ3n) is 4.57. The average molecular weight is 269 g/mol. The highest BCUT2D eigenvalue weighted by atomic mass is 16.3. The fourth-order valence-electron chi connectivity index (χ4n) is 3.41. The third kappa shape index (κ3) is 2.87. The van der Waals surface area contributed by atoms with Crippen LogP contribution in [0.15, 0.2) is 42.5 Å². The minimum atomic E-state index is -1.20. The van der Waals surface area contributed by atoms with Crippen molar-refractivity contribution < 1.29 is 5.11 Å². The van der Waals surface area contributed by atoms with Crippen molar-refractivity contribution in [2.24, 2.45) is 11.7 Å². The number of hydrogen-bond acceptors (Lipinski definition) is 2. The summed E-state index contributed by atoms with van der Waals surface area (Å²) in [4.78, 5) is 0. The lowest BCUT2D eigenvalue weighted by molar-refractivity contribution is 0.0116. The summed E-state index contributed by atoms with van der Waals surface area (Å²) >= 11 is 0. The first-order valence-electron chi connectivity index (χ1n) is 7.66. The molecule has 3 N–H and O–H groups in total. The average Bonchev–Trinajstić information content (AvgIpc) is 2.47. The summed E-state index contributed by atoms with van der Waals surface area (Å²) in [5, 5.41) is 13.0. The Morgan fingerprint density at radius 2 is 1.70 bits per heavy atom. The zero-order valence-corrected chi connectivity index (χ0v) is 11.9. The molecular formula is C18H23NO. The highest BCUT2D eigenvalue weighted by molar-refractivity contribution is 5.83. The summed E-state index contributed by atoms with van der Waals surface area (Å²) in [7, 11) is 0. The minimum absolute atomic E-state index is 0.560. The Labute approximate surface area is 120 Å². The molecular weight excluding hydrogens is 246 g/mol. The van der Waals surface area contributed by atoms with Crippen LogP contribution in [0.25, 0.3) is 10.8 Å². The molecule has 0 amide bonds. The van der Waals surface area contributed by atoms with E-state index in [9.17, 15) is 5.11 Å². The second kappa shape index (κ2) is 5.55. The van der Waals surface area contributed by atoms with E-state index in [0.29, 0.717) is 12.3 Å². The van der Waals surface area contributed by atoms with E-state index >= 15 is 0 Å². The molecule has 2 nitrogen and oxygen atoms in total. The van der Waals surface area contributed by atoms with Crippen LogP contribution in [0, 0.1) is 5.92 Å². The molecule has 2 aromatic rings. The first kappa shape index (κ1) is 13.6. The molecule has 0 radical (unpaired) electrons. The maximum absolute atomic E-state index is 10.7. The Morgan fingerprint density at radius 3 is 2.45 bits per heavy atom. The van der Waals surface area contributed by atoms with Crippen molar-refractivity contribution >= 4 is 10.8 Å². The largest absolute Gasteiger partial charge is 0.372 e. The van der Waals surface area contributed by atoms with Crippen LogP contribution in [0.3, 0.4) is 0 Å². The maximum Gasteiger partial charge on any atom is 0.139 e. The fraction of sp³-hybridized carbons (Fsp3) is 0.444. The van der Waals surface area contributed by atoms with Gasteiger partial charge in [0.05, 0.1) is 0 Å². The molecule has 1 unspecified atom stereocenters. The molecule has 0 spiro atoms. The molecule has 1 fully saturated rings. The van der Waals surface area contributed by atoms with E-state index in [4.69, 9.17) is 5.73 Å². The monoisotopic (exact) mass is 269 g/mol. The first-order chi connectivity index (χ1) is 9.65. The van der Waals surface area contributed by atoms with Gasteiger partial charge in [-0.2, -0.15) is 0 Å². The van der Waals surface area contributed by atoms with Gasteiger partial charge in [-0.1, -0.05) is 68.5 Å². The van der Waals surface area contributed by atoms with Crippen LogP contribution in [0.1, 0.15) is 44.1 Å². The molecule has 20 heavy (non-hydrogen) atoms. The zero-order valence-electron chi connectivity index (χ0n) is 11.9.